The Morgan fingerprint density at radius 3 is 2.71 bits per heavy atom. The molecule has 0 amide bonds. The molecule has 0 aliphatic carbocycles. The van der Waals surface area contributed by atoms with E-state index in [1.54, 1.807) is 0 Å². The lowest BCUT2D eigenvalue weighted by molar-refractivity contribution is -0.139. The zero-order valence-electron chi connectivity index (χ0n) is 8.38. The molecule has 1 aliphatic heterocycles. The molecule has 92 valence electrons. The lowest BCUT2D eigenvalue weighted by Crippen LogP contribution is -2.50. The van der Waals surface area contributed by atoms with E-state index in [1.165, 1.54) is 0 Å². The fourth-order valence-corrected chi connectivity index (χ4v) is 4.60. The molecule has 0 saturated carbocycles. The predicted octanol–water partition coefficient (Wildman–Crippen LogP) is 0.671. The molecule has 1 aliphatic rings. The second-order valence-corrected chi connectivity index (χ2v) is 7.02. The zero-order valence-corrected chi connectivity index (χ0v) is 10.8. The normalized spacial score (nSPS) is 23.4. The van der Waals surface area contributed by atoms with E-state index in [0.717, 1.165) is 24.5 Å². The minimum atomic E-state index is -3.97. The Morgan fingerprint density at radius 2 is 2.18 bits per heavy atom. The van der Waals surface area contributed by atoms with Gasteiger partial charge >= 0.3 is 5.97 Å². The number of rotatable bonds is 1. The molecule has 2 heterocycles. The van der Waals surface area contributed by atoms with Gasteiger partial charge in [0.2, 0.25) is 15.8 Å². The fourth-order valence-electron chi connectivity index (χ4n) is 1.56. The van der Waals surface area contributed by atoms with Gasteiger partial charge in [0.05, 0.1) is 9.21 Å². The Kier molecular flexibility index (Phi) is 2.77. The number of sulfonamides is 1. The highest BCUT2D eigenvalue weighted by atomic mass is 35.5. The predicted molar refractivity (Wildman–Crippen MR) is 60.0 cm³/mol. The Morgan fingerprint density at radius 1 is 1.59 bits per heavy atom. The average molecular weight is 296 g/mol. The monoisotopic (exact) mass is 295 g/mol. The molecule has 9 heteroatoms. The molecule has 0 aromatic carbocycles. The molecule has 6 nitrogen and oxygen atoms in total. The van der Waals surface area contributed by atoms with Gasteiger partial charge in [0.25, 0.3) is 0 Å². The van der Waals surface area contributed by atoms with Gasteiger partial charge in [-0.15, -0.1) is 11.3 Å². The number of carboxylic acids is 1. The summed E-state index contributed by atoms with van der Waals surface area (Å²) in [5.74, 6) is -2.27. The van der Waals surface area contributed by atoms with Crippen LogP contribution in [0.15, 0.2) is 11.0 Å². The number of likely N-dealkylation sites (N-methyl/N-ethyl adjacent to an activating group) is 1. The van der Waals surface area contributed by atoms with Crippen LogP contribution in [0.5, 0.6) is 0 Å². The number of hydrogen-bond donors (Lipinski definition) is 1. The van der Waals surface area contributed by atoms with Gasteiger partial charge in [0.1, 0.15) is 4.90 Å². The summed E-state index contributed by atoms with van der Waals surface area (Å²) in [7, 11) is -2.91. The van der Waals surface area contributed by atoms with E-state index in [1.807, 2.05) is 0 Å². The summed E-state index contributed by atoms with van der Waals surface area (Å²) < 4.78 is 24.5. The number of halogens is 1. The van der Waals surface area contributed by atoms with Crippen molar-refractivity contribution < 1.29 is 23.1 Å². The summed E-state index contributed by atoms with van der Waals surface area (Å²) in [6, 6.07) is -0.564. The first-order chi connectivity index (χ1) is 7.76. The summed E-state index contributed by atoms with van der Waals surface area (Å²) in [6.45, 7) is 0. The number of hydrogen-bond acceptors (Lipinski definition) is 5. The topological polar surface area (TPSA) is 91.8 Å². The highest BCUT2D eigenvalue weighted by molar-refractivity contribution is 7.89. The maximum absolute atomic E-state index is 11.9. The van der Waals surface area contributed by atoms with Crippen LogP contribution in [0.25, 0.3) is 0 Å². The number of carbonyl (C=O) groups is 2. The highest BCUT2D eigenvalue weighted by Crippen LogP contribution is 2.37. The first-order valence-corrected chi connectivity index (χ1v) is 6.94. The molecule has 1 unspecified atom stereocenters. The van der Waals surface area contributed by atoms with Gasteiger partial charge in [-0.25, -0.2) is 13.2 Å². The van der Waals surface area contributed by atoms with Crippen molar-refractivity contribution in [2.45, 2.75) is 10.9 Å². The lowest BCUT2D eigenvalue weighted by atomic mass is 10.1. The minimum Gasteiger partial charge on any atom is -0.480 e. The summed E-state index contributed by atoms with van der Waals surface area (Å²) in [5.41, 5.74) is 0. The average Bonchev–Trinajstić information content (AvgIpc) is 2.59. The molecule has 0 fully saturated rings. The van der Waals surface area contributed by atoms with E-state index in [-0.39, 0.29) is 14.1 Å². The van der Waals surface area contributed by atoms with Crippen molar-refractivity contribution in [2.24, 2.45) is 0 Å². The molecule has 1 aromatic rings. The quantitative estimate of drug-likeness (QED) is 0.769. The van der Waals surface area contributed by atoms with E-state index in [4.69, 9.17) is 16.7 Å². The number of ketones is 1. The highest BCUT2D eigenvalue weighted by Gasteiger charge is 2.46. The lowest BCUT2D eigenvalue weighted by Gasteiger charge is -2.27. The summed E-state index contributed by atoms with van der Waals surface area (Å²) in [4.78, 5) is 22.4. The molecular formula is C8H6ClNO5S2. The molecule has 0 radical (unpaired) electrons. The molecule has 0 bridgehead atoms. The fraction of sp³-hybridized carbons (Fsp3) is 0.250. The van der Waals surface area contributed by atoms with Crippen molar-refractivity contribution in [3.63, 3.8) is 0 Å². The maximum atomic E-state index is 11.9. The number of carbonyl (C=O) groups excluding carboxylic acids is 1. The van der Waals surface area contributed by atoms with E-state index in [9.17, 15) is 18.0 Å². The molecule has 1 N–H and O–H groups in total. The van der Waals surface area contributed by atoms with Crippen molar-refractivity contribution in [1.82, 2.24) is 4.31 Å². The van der Waals surface area contributed by atoms with Crippen LogP contribution in [0.2, 0.25) is 4.34 Å². The largest absolute Gasteiger partial charge is 0.480 e. The summed E-state index contributed by atoms with van der Waals surface area (Å²) in [6.07, 6.45) is 0. The van der Waals surface area contributed by atoms with Gasteiger partial charge in [-0.05, 0) is 6.07 Å². The molecule has 1 atom stereocenters. The van der Waals surface area contributed by atoms with Crippen LogP contribution >= 0.6 is 22.9 Å². The Bertz CT molecular complexity index is 620. The van der Waals surface area contributed by atoms with Crippen molar-refractivity contribution in [2.75, 3.05) is 7.05 Å². The second-order valence-electron chi connectivity index (χ2n) is 3.37. The number of Topliss-reactive ketones (excluding diaryl/α,β-unsaturated/α-hetero) is 1. The number of fused-ring (bicyclic) bond motifs is 1. The van der Waals surface area contributed by atoms with Gasteiger partial charge < -0.3 is 5.11 Å². The third kappa shape index (κ3) is 1.68. The third-order valence-electron chi connectivity index (χ3n) is 2.39. The second kappa shape index (κ2) is 3.77. The Balaban J connectivity index is 2.74. The van der Waals surface area contributed by atoms with Crippen LogP contribution in [0.3, 0.4) is 0 Å². The molecule has 1 aromatic heterocycles. The van der Waals surface area contributed by atoms with Gasteiger partial charge in [-0.1, -0.05) is 11.6 Å². The molecular weight excluding hydrogens is 290 g/mol. The Labute approximate surface area is 105 Å². The van der Waals surface area contributed by atoms with Gasteiger partial charge in [-0.3, -0.25) is 4.79 Å². The van der Waals surface area contributed by atoms with E-state index >= 15 is 0 Å². The van der Waals surface area contributed by atoms with E-state index in [0.29, 0.717) is 4.31 Å². The van der Waals surface area contributed by atoms with Crippen LogP contribution in [0.1, 0.15) is 9.67 Å². The van der Waals surface area contributed by atoms with Crippen LogP contribution in [0.4, 0.5) is 0 Å². The Hall–Kier alpha value is -0.960. The molecule has 0 spiro atoms. The van der Waals surface area contributed by atoms with Crippen LogP contribution in [0, 0.1) is 0 Å². The first-order valence-electron chi connectivity index (χ1n) is 4.31. The zero-order chi connectivity index (χ0) is 13.0. The van der Waals surface area contributed by atoms with Crippen molar-refractivity contribution in [1.29, 1.82) is 0 Å². The van der Waals surface area contributed by atoms with Crippen molar-refractivity contribution in [3.05, 3.63) is 15.3 Å². The maximum Gasteiger partial charge on any atom is 0.330 e. The standard InChI is InChI=1S/C8H6ClNO5S2/c1-10-5(8(12)13)6(11)7-3(17(10,14)15)2-4(9)16-7/h2,5H,1H3,(H,12,13). The van der Waals surface area contributed by atoms with E-state index in [2.05, 4.69) is 0 Å². The molecule has 17 heavy (non-hydrogen) atoms. The third-order valence-corrected chi connectivity index (χ3v) is 5.65. The summed E-state index contributed by atoms with van der Waals surface area (Å²) >= 11 is 6.42. The summed E-state index contributed by atoms with van der Waals surface area (Å²) in [5, 5.41) is 8.89. The minimum absolute atomic E-state index is 0.125. The van der Waals surface area contributed by atoms with Crippen LogP contribution in [-0.2, 0) is 14.8 Å². The number of carboxylic acid groups (broad SMARTS) is 1. The first kappa shape index (κ1) is 12.5. The van der Waals surface area contributed by atoms with Crippen molar-refractivity contribution >= 4 is 44.7 Å². The smallest absolute Gasteiger partial charge is 0.330 e. The number of thiophene rings is 1. The van der Waals surface area contributed by atoms with Crippen LogP contribution < -0.4 is 0 Å². The van der Waals surface area contributed by atoms with Gasteiger partial charge in [0.15, 0.2) is 6.04 Å². The van der Waals surface area contributed by atoms with E-state index < -0.39 is 27.8 Å². The van der Waals surface area contributed by atoms with Gasteiger partial charge in [-0.2, -0.15) is 4.31 Å². The van der Waals surface area contributed by atoms with Gasteiger partial charge in [0, 0.05) is 7.05 Å². The molecule has 0 saturated heterocycles. The number of nitrogens with zero attached hydrogens (tertiary/aromatic N) is 1. The molecule has 2 rings (SSSR count). The SMILES string of the molecule is CN1C(C(=O)O)C(=O)c2sc(Cl)cc2S1(=O)=O. The van der Waals surface area contributed by atoms with Crippen LogP contribution in [-0.4, -0.2) is 42.7 Å². The number of aliphatic carboxylic acids is 1. The van der Waals surface area contributed by atoms with Crippen molar-refractivity contribution in [3.8, 4) is 0 Å².